The van der Waals surface area contributed by atoms with Gasteiger partial charge in [-0.2, -0.15) is 4.98 Å². The van der Waals surface area contributed by atoms with E-state index < -0.39 is 0 Å². The Balaban J connectivity index is 1.68. The van der Waals surface area contributed by atoms with E-state index in [0.29, 0.717) is 24.2 Å². The predicted octanol–water partition coefficient (Wildman–Crippen LogP) is 3.36. The van der Waals surface area contributed by atoms with Gasteiger partial charge < -0.3 is 15.0 Å². The Morgan fingerprint density at radius 2 is 2.29 bits per heavy atom. The van der Waals surface area contributed by atoms with E-state index in [-0.39, 0.29) is 6.10 Å². The number of anilines is 1. The number of ether oxygens (including phenoxy) is 1. The molecule has 0 spiro atoms. The molecule has 2 N–H and O–H groups in total. The second-order valence-corrected chi connectivity index (χ2v) is 6.90. The van der Waals surface area contributed by atoms with Crippen LogP contribution in [0.3, 0.4) is 0 Å². The van der Waals surface area contributed by atoms with Crippen LogP contribution in [0.2, 0.25) is 0 Å². The molecule has 112 valence electrons. The molecule has 0 amide bonds. The summed E-state index contributed by atoms with van der Waals surface area (Å²) in [6.07, 6.45) is 5.72. The first-order valence-corrected chi connectivity index (χ1v) is 8.45. The van der Waals surface area contributed by atoms with E-state index in [9.17, 15) is 0 Å². The Bertz CT molecular complexity index is 660. The molecule has 0 radical (unpaired) electrons. The maximum atomic E-state index is 6.16. The van der Waals surface area contributed by atoms with Gasteiger partial charge in [0.05, 0.1) is 10.6 Å². The lowest BCUT2D eigenvalue weighted by Gasteiger charge is -2.11. The van der Waals surface area contributed by atoms with Crippen LogP contribution in [-0.2, 0) is 17.6 Å². The summed E-state index contributed by atoms with van der Waals surface area (Å²) in [6.45, 7) is 2.67. The number of rotatable bonds is 5. The highest BCUT2D eigenvalue weighted by Gasteiger charge is 2.36. The minimum absolute atomic E-state index is 0.0274. The van der Waals surface area contributed by atoms with Crippen LogP contribution >= 0.6 is 11.3 Å². The number of nitrogen functional groups attached to an aromatic ring is 1. The molecule has 1 saturated carbocycles. The van der Waals surface area contributed by atoms with Crippen molar-refractivity contribution in [2.45, 2.75) is 45.1 Å². The van der Waals surface area contributed by atoms with Gasteiger partial charge in [0, 0.05) is 11.5 Å². The molecular weight excluding hydrogens is 286 g/mol. The molecule has 5 nitrogen and oxygen atoms in total. The van der Waals surface area contributed by atoms with Gasteiger partial charge in [0.2, 0.25) is 5.82 Å². The quantitative estimate of drug-likeness (QED) is 0.917. The van der Waals surface area contributed by atoms with Crippen LogP contribution in [0.5, 0.6) is 0 Å². The van der Waals surface area contributed by atoms with Gasteiger partial charge in [0.1, 0.15) is 6.10 Å². The third-order valence-electron chi connectivity index (χ3n) is 4.26. The van der Waals surface area contributed by atoms with Gasteiger partial charge in [0.25, 0.3) is 5.89 Å². The summed E-state index contributed by atoms with van der Waals surface area (Å²) in [5, 5.41) is 4.96. The summed E-state index contributed by atoms with van der Waals surface area (Å²) in [4.78, 5) is 5.98. The van der Waals surface area contributed by atoms with Crippen LogP contribution in [0.25, 0.3) is 11.5 Å². The highest BCUT2D eigenvalue weighted by molar-refractivity contribution is 7.16. The lowest BCUT2D eigenvalue weighted by Crippen LogP contribution is -2.08. The molecule has 1 fully saturated rings. The number of nitrogens with zero attached hydrogens (tertiary/aromatic N) is 2. The van der Waals surface area contributed by atoms with Crippen molar-refractivity contribution in [2.75, 3.05) is 12.3 Å². The molecule has 1 unspecified atom stereocenters. The van der Waals surface area contributed by atoms with Crippen molar-refractivity contribution < 1.29 is 9.26 Å². The summed E-state index contributed by atoms with van der Waals surface area (Å²) in [5.74, 6) is 1.78. The van der Waals surface area contributed by atoms with E-state index >= 15 is 0 Å². The minimum Gasteiger partial charge on any atom is -0.390 e. The van der Waals surface area contributed by atoms with Crippen molar-refractivity contribution in [3.05, 3.63) is 16.3 Å². The van der Waals surface area contributed by atoms with Crippen molar-refractivity contribution >= 4 is 16.3 Å². The maximum absolute atomic E-state index is 6.16. The Morgan fingerprint density at radius 3 is 3.05 bits per heavy atom. The summed E-state index contributed by atoms with van der Waals surface area (Å²) in [7, 11) is 0. The van der Waals surface area contributed by atoms with Gasteiger partial charge >= 0.3 is 0 Å². The standard InChI is InChI=1S/C15H19N3O2S/c1-2-19-12(8-6-7-8)14-17-15(20-18-14)11-9-4-3-5-10(9)21-13(11)16/h8,12H,2-7,16H2,1H3. The number of hydrogen-bond donors (Lipinski definition) is 1. The van der Waals surface area contributed by atoms with Crippen molar-refractivity contribution in [2.24, 2.45) is 5.92 Å². The number of hydrogen-bond acceptors (Lipinski definition) is 6. The number of thiophene rings is 1. The van der Waals surface area contributed by atoms with E-state index in [4.69, 9.17) is 15.0 Å². The number of aryl methyl sites for hydroxylation is 1. The number of nitrogens with two attached hydrogens (primary N) is 1. The number of aromatic nitrogens is 2. The van der Waals surface area contributed by atoms with Crippen LogP contribution < -0.4 is 5.73 Å². The van der Waals surface area contributed by atoms with Gasteiger partial charge in [0.15, 0.2) is 0 Å². The van der Waals surface area contributed by atoms with Crippen molar-refractivity contribution in [3.8, 4) is 11.5 Å². The molecule has 2 heterocycles. The fourth-order valence-corrected chi connectivity index (χ4v) is 4.26. The fourth-order valence-electron chi connectivity index (χ4n) is 3.11. The average molecular weight is 305 g/mol. The van der Waals surface area contributed by atoms with Crippen LogP contribution in [-0.4, -0.2) is 16.7 Å². The van der Waals surface area contributed by atoms with Crippen molar-refractivity contribution in [1.82, 2.24) is 10.1 Å². The van der Waals surface area contributed by atoms with E-state index in [0.717, 1.165) is 23.4 Å². The highest BCUT2D eigenvalue weighted by atomic mass is 32.1. The summed E-state index contributed by atoms with van der Waals surface area (Å²) >= 11 is 1.66. The highest BCUT2D eigenvalue weighted by Crippen LogP contribution is 2.45. The molecule has 0 bridgehead atoms. The van der Waals surface area contributed by atoms with E-state index in [1.165, 1.54) is 29.7 Å². The molecule has 0 aromatic carbocycles. The largest absolute Gasteiger partial charge is 0.390 e. The molecule has 0 saturated heterocycles. The van der Waals surface area contributed by atoms with Gasteiger partial charge in [-0.05, 0) is 50.5 Å². The Kier molecular flexibility index (Phi) is 3.23. The lowest BCUT2D eigenvalue weighted by molar-refractivity contribution is 0.0385. The third kappa shape index (κ3) is 2.26. The molecule has 2 aromatic rings. The number of fused-ring (bicyclic) bond motifs is 1. The van der Waals surface area contributed by atoms with Gasteiger partial charge in [-0.15, -0.1) is 11.3 Å². The summed E-state index contributed by atoms with van der Waals surface area (Å²) in [5.41, 5.74) is 8.44. The second-order valence-electron chi connectivity index (χ2n) is 5.77. The Morgan fingerprint density at radius 1 is 1.43 bits per heavy atom. The van der Waals surface area contributed by atoms with Crippen LogP contribution in [0.15, 0.2) is 4.52 Å². The first-order chi connectivity index (χ1) is 10.3. The normalized spacial score (nSPS) is 18.9. The Hall–Kier alpha value is -1.40. The smallest absolute Gasteiger partial charge is 0.261 e. The zero-order valence-electron chi connectivity index (χ0n) is 12.1. The fraction of sp³-hybridized carbons (Fsp3) is 0.600. The Labute approximate surface area is 127 Å². The van der Waals surface area contributed by atoms with E-state index in [2.05, 4.69) is 10.1 Å². The molecule has 0 aliphatic heterocycles. The minimum atomic E-state index is -0.0274. The lowest BCUT2D eigenvalue weighted by atomic mass is 10.1. The van der Waals surface area contributed by atoms with E-state index in [1.54, 1.807) is 11.3 Å². The monoisotopic (exact) mass is 305 g/mol. The molecule has 2 aliphatic carbocycles. The summed E-state index contributed by atoms with van der Waals surface area (Å²) in [6, 6.07) is 0. The zero-order valence-corrected chi connectivity index (χ0v) is 12.9. The SMILES string of the molecule is CCOC(c1noc(-c2c(N)sc3c2CCC3)n1)C1CC1. The van der Waals surface area contributed by atoms with Gasteiger partial charge in [-0.25, -0.2) is 0 Å². The molecule has 6 heteroatoms. The van der Waals surface area contributed by atoms with Gasteiger partial charge in [-0.1, -0.05) is 5.16 Å². The average Bonchev–Trinajstić information content (AvgIpc) is 2.88. The molecule has 21 heavy (non-hydrogen) atoms. The van der Waals surface area contributed by atoms with Crippen LogP contribution in [0, 0.1) is 5.92 Å². The van der Waals surface area contributed by atoms with Crippen molar-refractivity contribution in [3.63, 3.8) is 0 Å². The van der Waals surface area contributed by atoms with Crippen LogP contribution in [0.4, 0.5) is 5.00 Å². The topological polar surface area (TPSA) is 74.2 Å². The summed E-state index contributed by atoms with van der Waals surface area (Å²) < 4.78 is 11.3. The molecule has 2 aliphatic rings. The molecule has 4 rings (SSSR count). The predicted molar refractivity (Wildman–Crippen MR) is 81.1 cm³/mol. The van der Waals surface area contributed by atoms with Gasteiger partial charge in [-0.3, -0.25) is 0 Å². The maximum Gasteiger partial charge on any atom is 0.261 e. The van der Waals surface area contributed by atoms with Crippen LogP contribution in [0.1, 0.15) is 48.6 Å². The first kappa shape index (κ1) is 13.3. The first-order valence-electron chi connectivity index (χ1n) is 7.63. The third-order valence-corrected chi connectivity index (χ3v) is 5.38. The molecule has 2 aromatic heterocycles. The van der Waals surface area contributed by atoms with Crippen molar-refractivity contribution in [1.29, 1.82) is 0 Å². The second kappa shape index (κ2) is 5.10. The molecule has 1 atom stereocenters. The molecular formula is C15H19N3O2S. The zero-order chi connectivity index (χ0) is 14.4. The van der Waals surface area contributed by atoms with E-state index in [1.807, 2.05) is 6.92 Å².